The lowest BCUT2D eigenvalue weighted by molar-refractivity contribution is 0.0283. The van der Waals surface area contributed by atoms with Crippen molar-refractivity contribution < 1.29 is 14.2 Å². The third-order valence-corrected chi connectivity index (χ3v) is 5.73. The SMILES string of the molecule is CCNC(=NCC1(C)CCCO1)NCCN1CCc2cc(OC)c(OC)cc2C1. The van der Waals surface area contributed by atoms with Crippen LogP contribution in [0.15, 0.2) is 17.1 Å². The van der Waals surface area contributed by atoms with E-state index in [0.29, 0.717) is 6.54 Å². The van der Waals surface area contributed by atoms with Gasteiger partial charge in [0.05, 0.1) is 26.4 Å². The average molecular weight is 405 g/mol. The molecule has 1 aromatic rings. The van der Waals surface area contributed by atoms with Gasteiger partial charge in [-0.2, -0.15) is 0 Å². The molecule has 0 aromatic heterocycles. The zero-order valence-corrected chi connectivity index (χ0v) is 18.3. The van der Waals surface area contributed by atoms with E-state index in [1.807, 2.05) is 0 Å². The summed E-state index contributed by atoms with van der Waals surface area (Å²) in [6.45, 7) is 10.4. The van der Waals surface area contributed by atoms with Crippen LogP contribution in [0.25, 0.3) is 0 Å². The second kappa shape index (κ2) is 10.2. The predicted octanol–water partition coefficient (Wildman–Crippen LogP) is 2.19. The zero-order valence-electron chi connectivity index (χ0n) is 18.3. The Balaban J connectivity index is 1.52. The van der Waals surface area contributed by atoms with Gasteiger partial charge in [0.2, 0.25) is 0 Å². The fraction of sp³-hybridized carbons (Fsp3) is 0.682. The maximum absolute atomic E-state index is 5.85. The van der Waals surface area contributed by atoms with E-state index in [-0.39, 0.29) is 5.60 Å². The standard InChI is InChI=1S/C22H36N4O3/c1-5-23-21(25-16-22(2)8-6-12-29-22)24-9-11-26-10-7-17-13-19(27-3)20(28-4)14-18(17)15-26/h13-14H,5-12,15-16H2,1-4H3,(H2,23,24,25). The molecular weight excluding hydrogens is 368 g/mol. The van der Waals surface area contributed by atoms with Gasteiger partial charge in [-0.15, -0.1) is 0 Å². The van der Waals surface area contributed by atoms with Crippen molar-refractivity contribution >= 4 is 5.96 Å². The number of hydrogen-bond acceptors (Lipinski definition) is 5. The summed E-state index contributed by atoms with van der Waals surface area (Å²) >= 11 is 0. The minimum atomic E-state index is -0.112. The lowest BCUT2D eigenvalue weighted by atomic mass is 9.99. The third-order valence-electron chi connectivity index (χ3n) is 5.73. The summed E-state index contributed by atoms with van der Waals surface area (Å²) in [6, 6.07) is 4.23. The molecule has 0 bridgehead atoms. The van der Waals surface area contributed by atoms with Gasteiger partial charge < -0.3 is 24.8 Å². The van der Waals surface area contributed by atoms with E-state index in [1.165, 1.54) is 11.1 Å². The summed E-state index contributed by atoms with van der Waals surface area (Å²) in [6.07, 6.45) is 3.24. The average Bonchev–Trinajstić information content (AvgIpc) is 3.17. The number of hydrogen-bond donors (Lipinski definition) is 2. The molecule has 0 amide bonds. The molecule has 7 heteroatoms. The summed E-state index contributed by atoms with van der Waals surface area (Å²) in [5.74, 6) is 2.48. The molecule has 0 spiro atoms. The lowest BCUT2D eigenvalue weighted by Crippen LogP contribution is -2.43. The van der Waals surface area contributed by atoms with E-state index in [4.69, 9.17) is 19.2 Å². The number of methoxy groups -OCH3 is 2. The Bertz CT molecular complexity index is 702. The van der Waals surface area contributed by atoms with Crippen LogP contribution in [0.1, 0.15) is 37.8 Å². The van der Waals surface area contributed by atoms with Crippen molar-refractivity contribution in [3.05, 3.63) is 23.3 Å². The molecule has 0 aliphatic carbocycles. The first-order valence-corrected chi connectivity index (χ1v) is 10.7. The van der Waals surface area contributed by atoms with Crippen LogP contribution in [0, 0.1) is 0 Å². The van der Waals surface area contributed by atoms with E-state index in [2.05, 4.69) is 41.5 Å². The fourth-order valence-corrected chi connectivity index (χ4v) is 4.01. The summed E-state index contributed by atoms with van der Waals surface area (Å²) in [5, 5.41) is 6.81. The highest BCUT2D eigenvalue weighted by Crippen LogP contribution is 2.33. The Morgan fingerprint density at radius 2 is 1.97 bits per heavy atom. The number of benzene rings is 1. The molecule has 2 heterocycles. The molecule has 1 aromatic carbocycles. The molecular formula is C22H36N4O3. The van der Waals surface area contributed by atoms with E-state index >= 15 is 0 Å². The molecule has 0 saturated carbocycles. The zero-order chi connectivity index (χ0) is 20.7. The Hall–Kier alpha value is -1.99. The second-order valence-electron chi connectivity index (χ2n) is 8.03. The highest BCUT2D eigenvalue weighted by Gasteiger charge is 2.29. The van der Waals surface area contributed by atoms with Gasteiger partial charge in [-0.1, -0.05) is 0 Å². The van der Waals surface area contributed by atoms with Gasteiger partial charge in [0.1, 0.15) is 0 Å². The topological polar surface area (TPSA) is 67.4 Å². The first-order chi connectivity index (χ1) is 14.1. The van der Waals surface area contributed by atoms with Crippen LogP contribution in [-0.2, 0) is 17.7 Å². The van der Waals surface area contributed by atoms with Crippen molar-refractivity contribution in [3.63, 3.8) is 0 Å². The number of nitrogens with zero attached hydrogens (tertiary/aromatic N) is 2. The van der Waals surface area contributed by atoms with Crippen molar-refractivity contribution in [2.45, 2.75) is 45.3 Å². The van der Waals surface area contributed by atoms with Crippen LogP contribution < -0.4 is 20.1 Å². The quantitative estimate of drug-likeness (QED) is 0.511. The molecule has 0 radical (unpaired) electrons. The highest BCUT2D eigenvalue weighted by molar-refractivity contribution is 5.79. The van der Waals surface area contributed by atoms with Gasteiger partial charge in [0, 0.05) is 39.3 Å². The minimum absolute atomic E-state index is 0.112. The smallest absolute Gasteiger partial charge is 0.191 e. The lowest BCUT2D eigenvalue weighted by Gasteiger charge is -2.29. The van der Waals surface area contributed by atoms with Crippen LogP contribution >= 0.6 is 0 Å². The number of rotatable bonds is 8. The van der Waals surface area contributed by atoms with Crippen molar-refractivity contribution in [2.24, 2.45) is 4.99 Å². The van der Waals surface area contributed by atoms with Crippen molar-refractivity contribution in [1.29, 1.82) is 0 Å². The number of ether oxygens (including phenoxy) is 3. The van der Waals surface area contributed by atoms with Gasteiger partial charge in [0.25, 0.3) is 0 Å². The number of nitrogens with one attached hydrogen (secondary N) is 2. The van der Waals surface area contributed by atoms with E-state index in [1.54, 1.807) is 14.2 Å². The second-order valence-corrected chi connectivity index (χ2v) is 8.03. The first kappa shape index (κ1) is 21.7. The molecule has 1 fully saturated rings. The number of guanidine groups is 1. The summed E-state index contributed by atoms with van der Waals surface area (Å²) in [7, 11) is 3.38. The van der Waals surface area contributed by atoms with Crippen molar-refractivity contribution in [2.75, 3.05) is 53.6 Å². The van der Waals surface area contributed by atoms with Crippen LogP contribution in [0.4, 0.5) is 0 Å². The Morgan fingerprint density at radius 1 is 1.21 bits per heavy atom. The fourth-order valence-electron chi connectivity index (χ4n) is 4.01. The summed E-state index contributed by atoms with van der Waals surface area (Å²) in [4.78, 5) is 7.21. The molecule has 2 aliphatic rings. The normalized spacial score (nSPS) is 22.3. The van der Waals surface area contributed by atoms with Crippen molar-refractivity contribution in [1.82, 2.24) is 15.5 Å². The maximum atomic E-state index is 5.85. The summed E-state index contributed by atoms with van der Waals surface area (Å²) in [5.41, 5.74) is 2.56. The Kier molecular flexibility index (Phi) is 7.61. The maximum Gasteiger partial charge on any atom is 0.191 e. The van der Waals surface area contributed by atoms with E-state index < -0.39 is 0 Å². The third kappa shape index (κ3) is 5.76. The van der Waals surface area contributed by atoms with Gasteiger partial charge in [-0.05, 0) is 56.4 Å². The first-order valence-electron chi connectivity index (χ1n) is 10.7. The molecule has 7 nitrogen and oxygen atoms in total. The minimum Gasteiger partial charge on any atom is -0.493 e. The molecule has 1 atom stereocenters. The Labute approximate surface area is 174 Å². The molecule has 162 valence electrons. The van der Waals surface area contributed by atoms with Crippen LogP contribution in [0.2, 0.25) is 0 Å². The number of aliphatic imine (C=N–C) groups is 1. The van der Waals surface area contributed by atoms with Crippen LogP contribution in [-0.4, -0.2) is 70.0 Å². The molecule has 2 aliphatic heterocycles. The van der Waals surface area contributed by atoms with Crippen molar-refractivity contribution in [3.8, 4) is 11.5 Å². The Morgan fingerprint density at radius 3 is 2.62 bits per heavy atom. The number of fused-ring (bicyclic) bond motifs is 1. The molecule has 1 unspecified atom stereocenters. The van der Waals surface area contributed by atoms with Crippen LogP contribution in [0.5, 0.6) is 11.5 Å². The highest BCUT2D eigenvalue weighted by atomic mass is 16.5. The van der Waals surface area contributed by atoms with Gasteiger partial charge >= 0.3 is 0 Å². The molecule has 29 heavy (non-hydrogen) atoms. The van der Waals surface area contributed by atoms with E-state index in [0.717, 1.165) is 76.1 Å². The molecule has 2 N–H and O–H groups in total. The molecule has 3 rings (SSSR count). The van der Waals surface area contributed by atoms with Gasteiger partial charge in [-0.25, -0.2) is 0 Å². The van der Waals surface area contributed by atoms with Crippen LogP contribution in [0.3, 0.4) is 0 Å². The summed E-state index contributed by atoms with van der Waals surface area (Å²) < 4.78 is 16.7. The van der Waals surface area contributed by atoms with Gasteiger partial charge in [-0.3, -0.25) is 9.89 Å². The van der Waals surface area contributed by atoms with Gasteiger partial charge in [0.15, 0.2) is 17.5 Å². The molecule has 1 saturated heterocycles. The monoisotopic (exact) mass is 404 g/mol. The predicted molar refractivity (Wildman–Crippen MR) is 116 cm³/mol. The largest absolute Gasteiger partial charge is 0.493 e. The van der Waals surface area contributed by atoms with E-state index in [9.17, 15) is 0 Å².